The zero-order valence-electron chi connectivity index (χ0n) is 12.2. The SMILES string of the molecule is CCCC1CCN(c2cc(C)c(F)cc2C(C)N)C1. The van der Waals surface area contributed by atoms with Crippen LogP contribution >= 0.6 is 0 Å². The summed E-state index contributed by atoms with van der Waals surface area (Å²) in [6, 6.07) is 3.44. The molecule has 1 aliphatic heterocycles. The summed E-state index contributed by atoms with van der Waals surface area (Å²) in [4.78, 5) is 2.38. The molecular weight excluding hydrogens is 239 g/mol. The maximum Gasteiger partial charge on any atom is 0.126 e. The molecule has 0 radical (unpaired) electrons. The molecule has 1 aromatic rings. The monoisotopic (exact) mass is 264 g/mol. The van der Waals surface area contributed by atoms with E-state index in [2.05, 4.69) is 11.8 Å². The lowest BCUT2D eigenvalue weighted by molar-refractivity contribution is 0.529. The molecule has 19 heavy (non-hydrogen) atoms. The number of hydrogen-bond donors (Lipinski definition) is 1. The number of benzene rings is 1. The van der Waals surface area contributed by atoms with E-state index < -0.39 is 0 Å². The maximum atomic E-state index is 13.7. The van der Waals surface area contributed by atoms with Gasteiger partial charge in [0.2, 0.25) is 0 Å². The van der Waals surface area contributed by atoms with Crippen LogP contribution in [0.4, 0.5) is 10.1 Å². The second-order valence-corrected chi connectivity index (χ2v) is 5.84. The molecule has 2 atom stereocenters. The molecule has 1 fully saturated rings. The summed E-state index contributed by atoms with van der Waals surface area (Å²) in [5, 5.41) is 0. The van der Waals surface area contributed by atoms with Gasteiger partial charge in [-0.25, -0.2) is 4.39 Å². The Bertz CT molecular complexity index is 443. The van der Waals surface area contributed by atoms with Crippen molar-refractivity contribution in [3.05, 3.63) is 29.1 Å². The van der Waals surface area contributed by atoms with Crippen LogP contribution in [0.15, 0.2) is 12.1 Å². The van der Waals surface area contributed by atoms with Gasteiger partial charge in [0.1, 0.15) is 5.82 Å². The van der Waals surface area contributed by atoms with E-state index in [9.17, 15) is 4.39 Å². The molecule has 0 spiro atoms. The van der Waals surface area contributed by atoms with E-state index in [1.165, 1.54) is 19.3 Å². The first-order valence-electron chi connectivity index (χ1n) is 7.33. The Balaban J connectivity index is 2.26. The second-order valence-electron chi connectivity index (χ2n) is 5.84. The normalized spacial score (nSPS) is 20.9. The van der Waals surface area contributed by atoms with Crippen LogP contribution in [0.2, 0.25) is 0 Å². The van der Waals surface area contributed by atoms with Crippen molar-refractivity contribution in [3.63, 3.8) is 0 Å². The molecule has 0 amide bonds. The molecule has 1 aliphatic rings. The average molecular weight is 264 g/mol. The standard InChI is InChI=1S/C16H25FN2/c1-4-5-13-6-7-19(10-13)16-8-11(2)15(17)9-14(16)12(3)18/h8-9,12-13H,4-7,10,18H2,1-3H3. The van der Waals surface area contributed by atoms with Crippen LogP contribution < -0.4 is 10.6 Å². The number of aryl methyl sites for hydroxylation is 1. The second kappa shape index (κ2) is 5.91. The fraction of sp³-hybridized carbons (Fsp3) is 0.625. The van der Waals surface area contributed by atoms with Crippen molar-refractivity contribution >= 4 is 5.69 Å². The van der Waals surface area contributed by atoms with E-state index in [4.69, 9.17) is 5.73 Å². The molecule has 1 heterocycles. The first-order chi connectivity index (χ1) is 9.02. The third-order valence-corrected chi connectivity index (χ3v) is 4.12. The average Bonchev–Trinajstić information content (AvgIpc) is 2.81. The Morgan fingerprint density at radius 1 is 1.47 bits per heavy atom. The van der Waals surface area contributed by atoms with Gasteiger partial charge >= 0.3 is 0 Å². The van der Waals surface area contributed by atoms with Gasteiger partial charge in [-0.15, -0.1) is 0 Å². The van der Waals surface area contributed by atoms with Crippen LogP contribution in [0, 0.1) is 18.7 Å². The van der Waals surface area contributed by atoms with E-state index in [0.29, 0.717) is 5.56 Å². The molecule has 2 N–H and O–H groups in total. The number of halogens is 1. The summed E-state index contributed by atoms with van der Waals surface area (Å²) >= 11 is 0. The van der Waals surface area contributed by atoms with Crippen molar-refractivity contribution in [2.45, 2.75) is 46.1 Å². The maximum absolute atomic E-state index is 13.7. The van der Waals surface area contributed by atoms with Gasteiger partial charge in [0.15, 0.2) is 0 Å². The summed E-state index contributed by atoms with van der Waals surface area (Å²) in [5.41, 5.74) is 8.77. The Labute approximate surface area is 115 Å². The quantitative estimate of drug-likeness (QED) is 0.896. The largest absolute Gasteiger partial charge is 0.371 e. The van der Waals surface area contributed by atoms with Crippen molar-refractivity contribution in [3.8, 4) is 0 Å². The van der Waals surface area contributed by atoms with Crippen LogP contribution in [-0.4, -0.2) is 13.1 Å². The molecule has 0 aromatic heterocycles. The van der Waals surface area contributed by atoms with Crippen LogP contribution in [0.25, 0.3) is 0 Å². The Hall–Kier alpha value is -1.09. The zero-order chi connectivity index (χ0) is 14.0. The highest BCUT2D eigenvalue weighted by atomic mass is 19.1. The van der Waals surface area contributed by atoms with E-state index in [1.54, 1.807) is 6.07 Å². The molecule has 0 saturated carbocycles. The van der Waals surface area contributed by atoms with Gasteiger partial charge < -0.3 is 10.6 Å². The molecule has 0 bridgehead atoms. The van der Waals surface area contributed by atoms with E-state index in [0.717, 1.165) is 30.3 Å². The molecule has 3 heteroatoms. The van der Waals surface area contributed by atoms with Crippen molar-refractivity contribution in [1.82, 2.24) is 0 Å². The summed E-state index contributed by atoms with van der Waals surface area (Å²) in [5.74, 6) is 0.622. The molecule has 106 valence electrons. The van der Waals surface area contributed by atoms with Crippen molar-refractivity contribution in [1.29, 1.82) is 0 Å². The first-order valence-corrected chi connectivity index (χ1v) is 7.33. The van der Waals surface area contributed by atoms with Crippen molar-refractivity contribution < 1.29 is 4.39 Å². The van der Waals surface area contributed by atoms with E-state index in [-0.39, 0.29) is 11.9 Å². The highest BCUT2D eigenvalue weighted by molar-refractivity contribution is 5.57. The highest BCUT2D eigenvalue weighted by Crippen LogP contribution is 2.33. The van der Waals surface area contributed by atoms with Crippen LogP contribution in [-0.2, 0) is 0 Å². The molecular formula is C16H25FN2. The molecule has 2 unspecified atom stereocenters. The lowest BCUT2D eigenvalue weighted by atomic mass is 10.0. The molecule has 2 rings (SSSR count). The summed E-state index contributed by atoms with van der Waals surface area (Å²) in [6.07, 6.45) is 3.76. The number of nitrogens with two attached hydrogens (primary N) is 1. The third kappa shape index (κ3) is 3.08. The summed E-state index contributed by atoms with van der Waals surface area (Å²) in [7, 11) is 0. The minimum Gasteiger partial charge on any atom is -0.371 e. The predicted octanol–water partition coefficient (Wildman–Crippen LogP) is 3.78. The smallest absolute Gasteiger partial charge is 0.126 e. The lowest BCUT2D eigenvalue weighted by Crippen LogP contribution is -2.23. The fourth-order valence-corrected chi connectivity index (χ4v) is 3.02. The van der Waals surface area contributed by atoms with Crippen molar-refractivity contribution in [2.24, 2.45) is 11.7 Å². The lowest BCUT2D eigenvalue weighted by Gasteiger charge is -2.24. The topological polar surface area (TPSA) is 29.3 Å². The number of hydrogen-bond acceptors (Lipinski definition) is 2. The zero-order valence-corrected chi connectivity index (χ0v) is 12.2. The highest BCUT2D eigenvalue weighted by Gasteiger charge is 2.25. The summed E-state index contributed by atoms with van der Waals surface area (Å²) in [6.45, 7) is 8.13. The van der Waals surface area contributed by atoms with Gasteiger partial charge in [-0.05, 0) is 55.9 Å². The molecule has 1 saturated heterocycles. The number of nitrogens with zero attached hydrogens (tertiary/aromatic N) is 1. The van der Waals surface area contributed by atoms with Crippen LogP contribution in [0.1, 0.15) is 50.3 Å². The summed E-state index contributed by atoms with van der Waals surface area (Å²) < 4.78 is 13.7. The van der Waals surface area contributed by atoms with Gasteiger partial charge in [0.25, 0.3) is 0 Å². The predicted molar refractivity (Wildman–Crippen MR) is 79.0 cm³/mol. The fourth-order valence-electron chi connectivity index (χ4n) is 3.02. The van der Waals surface area contributed by atoms with Gasteiger partial charge in [-0.1, -0.05) is 13.3 Å². The van der Waals surface area contributed by atoms with E-state index in [1.807, 2.05) is 19.9 Å². The third-order valence-electron chi connectivity index (χ3n) is 4.12. The van der Waals surface area contributed by atoms with Gasteiger partial charge in [-0.2, -0.15) is 0 Å². The van der Waals surface area contributed by atoms with Crippen molar-refractivity contribution in [2.75, 3.05) is 18.0 Å². The Morgan fingerprint density at radius 3 is 2.84 bits per heavy atom. The minimum absolute atomic E-state index is 0.129. The number of anilines is 1. The van der Waals surface area contributed by atoms with Crippen LogP contribution in [0.3, 0.4) is 0 Å². The van der Waals surface area contributed by atoms with Gasteiger partial charge in [0.05, 0.1) is 0 Å². The Morgan fingerprint density at radius 2 is 2.21 bits per heavy atom. The van der Waals surface area contributed by atoms with Crippen LogP contribution in [0.5, 0.6) is 0 Å². The Kier molecular flexibility index (Phi) is 4.46. The molecule has 0 aliphatic carbocycles. The molecule has 1 aromatic carbocycles. The van der Waals surface area contributed by atoms with Gasteiger partial charge in [-0.3, -0.25) is 0 Å². The first kappa shape index (κ1) is 14.3. The van der Waals surface area contributed by atoms with Gasteiger partial charge in [0, 0.05) is 24.8 Å². The number of rotatable bonds is 4. The minimum atomic E-state index is -0.152. The molecule has 2 nitrogen and oxygen atoms in total. The van der Waals surface area contributed by atoms with E-state index >= 15 is 0 Å².